The van der Waals surface area contributed by atoms with Gasteiger partial charge in [-0.25, -0.2) is 0 Å². The summed E-state index contributed by atoms with van der Waals surface area (Å²) in [4.78, 5) is 22.4. The van der Waals surface area contributed by atoms with E-state index in [1.54, 1.807) is 30.5 Å². The number of rotatable bonds is 5. The van der Waals surface area contributed by atoms with E-state index in [2.05, 4.69) is 10.4 Å². The summed E-state index contributed by atoms with van der Waals surface area (Å²) < 4.78 is 1.42. The molecular weight excluding hydrogens is 282 g/mol. The third kappa shape index (κ3) is 3.83. The molecule has 0 aliphatic rings. The van der Waals surface area contributed by atoms with Gasteiger partial charge in [0.2, 0.25) is 0 Å². The Hall–Kier alpha value is -2.34. The quantitative estimate of drug-likeness (QED) is 0.885. The number of nitrogens with zero attached hydrogens (tertiary/aromatic N) is 2. The van der Waals surface area contributed by atoms with E-state index in [0.717, 1.165) is 0 Å². The summed E-state index contributed by atoms with van der Waals surface area (Å²) >= 11 is 5.82. The molecule has 0 radical (unpaired) electrons. The summed E-state index contributed by atoms with van der Waals surface area (Å²) in [6.45, 7) is 0.222. The van der Waals surface area contributed by atoms with Crippen molar-refractivity contribution < 1.29 is 14.7 Å². The lowest BCUT2D eigenvalue weighted by Gasteiger charge is -2.03. The average molecular weight is 294 g/mol. The van der Waals surface area contributed by atoms with E-state index in [-0.39, 0.29) is 24.6 Å². The van der Waals surface area contributed by atoms with Gasteiger partial charge in [0.15, 0.2) is 5.69 Å². The molecule has 0 atom stereocenters. The van der Waals surface area contributed by atoms with E-state index in [0.29, 0.717) is 10.7 Å². The molecule has 2 N–H and O–H groups in total. The van der Waals surface area contributed by atoms with E-state index in [1.807, 2.05) is 0 Å². The molecule has 0 aliphatic carbocycles. The zero-order valence-electron chi connectivity index (χ0n) is 10.4. The van der Waals surface area contributed by atoms with E-state index < -0.39 is 5.97 Å². The number of aromatic nitrogens is 2. The van der Waals surface area contributed by atoms with Crippen LogP contribution >= 0.6 is 11.6 Å². The van der Waals surface area contributed by atoms with Crippen LogP contribution in [0.25, 0.3) is 0 Å². The maximum Gasteiger partial charge on any atom is 0.305 e. The molecule has 2 rings (SSSR count). The van der Waals surface area contributed by atoms with Crippen molar-refractivity contribution in [1.29, 1.82) is 0 Å². The SMILES string of the molecule is O=C(O)CCn1ccc(C(=O)Nc2cccc(Cl)c2)n1. The molecule has 1 aromatic carbocycles. The summed E-state index contributed by atoms with van der Waals surface area (Å²) in [5.41, 5.74) is 0.790. The van der Waals surface area contributed by atoms with Crippen molar-refractivity contribution in [2.75, 3.05) is 5.32 Å². The third-order valence-corrected chi connectivity index (χ3v) is 2.75. The first-order chi connectivity index (χ1) is 9.54. The molecule has 104 valence electrons. The smallest absolute Gasteiger partial charge is 0.305 e. The molecule has 0 saturated carbocycles. The molecule has 0 saturated heterocycles. The van der Waals surface area contributed by atoms with Crippen LogP contribution < -0.4 is 5.32 Å². The van der Waals surface area contributed by atoms with Gasteiger partial charge in [-0.15, -0.1) is 0 Å². The number of amides is 1. The average Bonchev–Trinajstić information content (AvgIpc) is 2.85. The van der Waals surface area contributed by atoms with E-state index in [4.69, 9.17) is 16.7 Å². The minimum atomic E-state index is -0.912. The fourth-order valence-corrected chi connectivity index (χ4v) is 1.77. The fourth-order valence-electron chi connectivity index (χ4n) is 1.58. The standard InChI is InChI=1S/C13H12ClN3O3/c14-9-2-1-3-10(8-9)15-13(20)11-4-6-17(16-11)7-5-12(18)19/h1-4,6,8H,5,7H2,(H,15,20)(H,18,19). The van der Waals surface area contributed by atoms with Crippen molar-refractivity contribution >= 4 is 29.2 Å². The Bertz CT molecular complexity index is 639. The second-order valence-electron chi connectivity index (χ2n) is 4.07. The molecule has 0 spiro atoms. The van der Waals surface area contributed by atoms with Gasteiger partial charge in [-0.2, -0.15) is 5.10 Å². The first kappa shape index (κ1) is 14.1. The number of carbonyl (C=O) groups excluding carboxylic acids is 1. The lowest BCUT2D eigenvalue weighted by Crippen LogP contribution is -2.13. The van der Waals surface area contributed by atoms with Crippen LogP contribution in [0, 0.1) is 0 Å². The maximum atomic E-state index is 11.9. The molecule has 20 heavy (non-hydrogen) atoms. The first-order valence-corrected chi connectivity index (χ1v) is 6.24. The van der Waals surface area contributed by atoms with Crippen LogP contribution in [-0.4, -0.2) is 26.8 Å². The molecule has 0 bridgehead atoms. The number of nitrogens with one attached hydrogen (secondary N) is 1. The van der Waals surface area contributed by atoms with Crippen molar-refractivity contribution in [3.8, 4) is 0 Å². The zero-order chi connectivity index (χ0) is 14.5. The predicted molar refractivity (Wildman–Crippen MR) is 73.9 cm³/mol. The minimum absolute atomic E-state index is 0.0446. The van der Waals surface area contributed by atoms with Crippen LogP contribution in [0.1, 0.15) is 16.9 Å². The molecule has 7 heteroatoms. The largest absolute Gasteiger partial charge is 0.481 e. The molecule has 1 amide bonds. The maximum absolute atomic E-state index is 11.9. The lowest BCUT2D eigenvalue weighted by atomic mass is 10.3. The normalized spacial score (nSPS) is 10.2. The van der Waals surface area contributed by atoms with Crippen LogP contribution in [-0.2, 0) is 11.3 Å². The number of carbonyl (C=O) groups is 2. The Morgan fingerprint density at radius 2 is 2.15 bits per heavy atom. The van der Waals surface area contributed by atoms with Crippen molar-refractivity contribution in [1.82, 2.24) is 9.78 Å². The summed E-state index contributed by atoms with van der Waals surface area (Å²) in [6.07, 6.45) is 1.52. The van der Waals surface area contributed by atoms with Gasteiger partial charge in [-0.3, -0.25) is 14.3 Å². The van der Waals surface area contributed by atoms with Crippen molar-refractivity contribution in [3.63, 3.8) is 0 Å². The van der Waals surface area contributed by atoms with Gasteiger partial charge in [0.25, 0.3) is 5.91 Å². The summed E-state index contributed by atoms with van der Waals surface area (Å²) in [5, 5.41) is 15.8. The molecular formula is C13H12ClN3O3. The van der Waals surface area contributed by atoms with Crippen LogP contribution in [0.15, 0.2) is 36.5 Å². The van der Waals surface area contributed by atoms with E-state index in [9.17, 15) is 9.59 Å². The highest BCUT2D eigenvalue weighted by molar-refractivity contribution is 6.30. The molecule has 1 aromatic heterocycles. The summed E-state index contributed by atoms with van der Waals surface area (Å²) in [5.74, 6) is -1.29. The number of halogens is 1. The molecule has 0 aliphatic heterocycles. The molecule has 1 heterocycles. The van der Waals surface area contributed by atoms with Gasteiger partial charge in [-0.1, -0.05) is 17.7 Å². The Morgan fingerprint density at radius 1 is 1.35 bits per heavy atom. The zero-order valence-corrected chi connectivity index (χ0v) is 11.2. The number of carboxylic acids is 1. The van der Waals surface area contributed by atoms with Gasteiger partial charge in [0.05, 0.1) is 13.0 Å². The van der Waals surface area contributed by atoms with Gasteiger partial charge >= 0.3 is 5.97 Å². The number of aliphatic carboxylic acids is 1. The summed E-state index contributed by atoms with van der Waals surface area (Å²) in [6, 6.07) is 8.30. The second kappa shape index (κ2) is 6.21. The Kier molecular flexibility index (Phi) is 4.37. The highest BCUT2D eigenvalue weighted by Gasteiger charge is 2.10. The van der Waals surface area contributed by atoms with Crippen molar-refractivity contribution in [2.45, 2.75) is 13.0 Å². The molecule has 2 aromatic rings. The Balaban J connectivity index is 2.01. The number of hydrogen-bond donors (Lipinski definition) is 2. The molecule has 6 nitrogen and oxygen atoms in total. The highest BCUT2D eigenvalue weighted by atomic mass is 35.5. The molecule has 0 fully saturated rings. The van der Waals surface area contributed by atoms with E-state index >= 15 is 0 Å². The molecule has 0 unspecified atom stereocenters. The van der Waals surface area contributed by atoms with Crippen LogP contribution in [0.5, 0.6) is 0 Å². The number of benzene rings is 1. The van der Waals surface area contributed by atoms with Gasteiger partial charge < -0.3 is 10.4 Å². The summed E-state index contributed by atoms with van der Waals surface area (Å²) in [7, 11) is 0. The Labute approximate surface area is 120 Å². The van der Waals surface area contributed by atoms with Crippen LogP contribution in [0.2, 0.25) is 5.02 Å². The van der Waals surface area contributed by atoms with E-state index in [1.165, 1.54) is 10.7 Å². The second-order valence-corrected chi connectivity index (χ2v) is 4.51. The predicted octanol–water partition coefficient (Wildman–Crippen LogP) is 2.26. The van der Waals surface area contributed by atoms with Crippen LogP contribution in [0.3, 0.4) is 0 Å². The van der Waals surface area contributed by atoms with Crippen LogP contribution in [0.4, 0.5) is 5.69 Å². The topological polar surface area (TPSA) is 84.2 Å². The van der Waals surface area contributed by atoms with Gasteiger partial charge in [0, 0.05) is 16.9 Å². The number of hydrogen-bond acceptors (Lipinski definition) is 3. The van der Waals surface area contributed by atoms with Gasteiger partial charge in [0.1, 0.15) is 0 Å². The first-order valence-electron chi connectivity index (χ1n) is 5.87. The number of carboxylic acid groups (broad SMARTS) is 1. The third-order valence-electron chi connectivity index (χ3n) is 2.51. The number of anilines is 1. The van der Waals surface area contributed by atoms with Gasteiger partial charge in [-0.05, 0) is 24.3 Å². The van der Waals surface area contributed by atoms with Crippen molar-refractivity contribution in [2.24, 2.45) is 0 Å². The highest BCUT2D eigenvalue weighted by Crippen LogP contribution is 2.15. The van der Waals surface area contributed by atoms with Crippen molar-refractivity contribution in [3.05, 3.63) is 47.2 Å². The monoisotopic (exact) mass is 293 g/mol. The minimum Gasteiger partial charge on any atom is -0.481 e. The lowest BCUT2D eigenvalue weighted by molar-refractivity contribution is -0.137. The fraction of sp³-hybridized carbons (Fsp3) is 0.154. The number of aryl methyl sites for hydroxylation is 1. The Morgan fingerprint density at radius 3 is 2.85 bits per heavy atom.